The van der Waals surface area contributed by atoms with E-state index in [2.05, 4.69) is 16.9 Å². The monoisotopic (exact) mass is 500 g/mol. The average molecular weight is 501 g/mol. The van der Waals surface area contributed by atoms with Crippen LogP contribution < -0.4 is 15.7 Å². The third-order valence-electron chi connectivity index (χ3n) is 5.42. The van der Waals surface area contributed by atoms with E-state index in [0.29, 0.717) is 39.6 Å². The molecule has 5 aromatic rings. The number of carbonyl (C=O) groups excluding carboxylic acids is 1. The van der Waals surface area contributed by atoms with E-state index in [1.54, 1.807) is 77.6 Å². The van der Waals surface area contributed by atoms with Gasteiger partial charge in [-0.15, -0.1) is 0 Å². The van der Waals surface area contributed by atoms with Crippen molar-refractivity contribution in [1.29, 1.82) is 0 Å². The Labute approximate surface area is 209 Å². The minimum absolute atomic E-state index is 0.00990. The van der Waals surface area contributed by atoms with E-state index in [1.165, 1.54) is 22.8 Å². The standard InChI is InChI=1S/C27H18ClFN4O3/c1-2-26(34)31-17-4-3-5-19(14-17)33-24-12-13-30-16-25(24)32(27(33)35)18-6-8-20(9-7-18)36-21-10-11-22(28)23(29)15-21/h2-16H,1H2,(H,31,34). The highest BCUT2D eigenvalue weighted by molar-refractivity contribution is 6.30. The van der Waals surface area contributed by atoms with Gasteiger partial charge in [0.1, 0.15) is 17.3 Å². The molecule has 9 heteroatoms. The van der Waals surface area contributed by atoms with E-state index in [-0.39, 0.29) is 16.6 Å². The van der Waals surface area contributed by atoms with Gasteiger partial charge >= 0.3 is 5.69 Å². The fourth-order valence-corrected chi connectivity index (χ4v) is 3.92. The van der Waals surface area contributed by atoms with E-state index in [4.69, 9.17) is 16.3 Å². The second-order valence-corrected chi connectivity index (χ2v) is 8.14. The highest BCUT2D eigenvalue weighted by Crippen LogP contribution is 2.27. The first-order chi connectivity index (χ1) is 17.4. The van der Waals surface area contributed by atoms with Crippen LogP contribution in [0.25, 0.3) is 22.4 Å². The molecular formula is C27H18ClFN4O3. The van der Waals surface area contributed by atoms with Gasteiger partial charge in [-0.3, -0.25) is 18.9 Å². The fourth-order valence-electron chi connectivity index (χ4n) is 3.80. The van der Waals surface area contributed by atoms with E-state index < -0.39 is 5.82 Å². The molecule has 3 aromatic carbocycles. The molecular weight excluding hydrogens is 483 g/mol. The Morgan fingerprint density at radius 2 is 1.72 bits per heavy atom. The maximum Gasteiger partial charge on any atom is 0.338 e. The molecule has 178 valence electrons. The van der Waals surface area contributed by atoms with Gasteiger partial charge in [-0.05, 0) is 66.7 Å². The molecule has 0 bridgehead atoms. The number of nitrogens with zero attached hydrogens (tertiary/aromatic N) is 3. The summed E-state index contributed by atoms with van der Waals surface area (Å²) in [5, 5.41) is 2.71. The van der Waals surface area contributed by atoms with Crippen molar-refractivity contribution in [2.75, 3.05) is 5.32 Å². The number of anilines is 1. The first-order valence-corrected chi connectivity index (χ1v) is 11.2. The summed E-state index contributed by atoms with van der Waals surface area (Å²) in [6.45, 7) is 3.46. The van der Waals surface area contributed by atoms with Crippen molar-refractivity contribution in [3.05, 3.63) is 119 Å². The third kappa shape index (κ3) is 4.37. The Hall–Kier alpha value is -4.69. The minimum atomic E-state index is -0.578. The van der Waals surface area contributed by atoms with Gasteiger partial charge in [0.05, 0.1) is 33.6 Å². The SMILES string of the molecule is C=CC(=O)Nc1cccc(-n2c(=O)n(-c3ccc(Oc4ccc(Cl)c(F)c4)cc3)c3cnccc32)c1. The maximum atomic E-state index is 13.7. The normalized spacial score (nSPS) is 10.8. The van der Waals surface area contributed by atoms with Crippen LogP contribution in [0, 0.1) is 5.82 Å². The number of hydrogen-bond acceptors (Lipinski definition) is 4. The van der Waals surface area contributed by atoms with Crippen LogP contribution >= 0.6 is 11.6 Å². The molecule has 2 heterocycles. The second kappa shape index (κ2) is 9.52. The number of nitrogens with one attached hydrogen (secondary N) is 1. The summed E-state index contributed by atoms with van der Waals surface area (Å²) in [5.74, 6) is -0.173. The summed E-state index contributed by atoms with van der Waals surface area (Å²) in [5.41, 5.74) is 2.60. The molecule has 0 aliphatic carbocycles. The topological polar surface area (TPSA) is 78.2 Å². The van der Waals surface area contributed by atoms with Crippen molar-refractivity contribution in [1.82, 2.24) is 14.1 Å². The van der Waals surface area contributed by atoms with E-state index in [1.807, 2.05) is 0 Å². The molecule has 0 saturated carbocycles. The Bertz CT molecular complexity index is 1680. The predicted molar refractivity (Wildman–Crippen MR) is 137 cm³/mol. The highest BCUT2D eigenvalue weighted by atomic mass is 35.5. The second-order valence-electron chi connectivity index (χ2n) is 7.73. The summed E-state index contributed by atoms with van der Waals surface area (Å²) >= 11 is 5.73. The van der Waals surface area contributed by atoms with Gasteiger partial charge in [0.25, 0.3) is 0 Å². The van der Waals surface area contributed by atoms with Crippen molar-refractivity contribution in [2.45, 2.75) is 0 Å². The predicted octanol–water partition coefficient (Wildman–Crippen LogP) is 5.89. The highest BCUT2D eigenvalue weighted by Gasteiger charge is 2.17. The van der Waals surface area contributed by atoms with Crippen LogP contribution in [-0.4, -0.2) is 20.0 Å². The zero-order valence-electron chi connectivity index (χ0n) is 18.7. The molecule has 0 saturated heterocycles. The lowest BCUT2D eigenvalue weighted by atomic mass is 10.2. The minimum Gasteiger partial charge on any atom is -0.457 e. The largest absolute Gasteiger partial charge is 0.457 e. The first-order valence-electron chi connectivity index (χ1n) is 10.8. The molecule has 0 aliphatic heterocycles. The van der Waals surface area contributed by atoms with Crippen LogP contribution in [0.3, 0.4) is 0 Å². The quantitative estimate of drug-likeness (QED) is 0.295. The lowest BCUT2D eigenvalue weighted by molar-refractivity contribution is -0.111. The van der Waals surface area contributed by atoms with E-state index in [0.717, 1.165) is 0 Å². The molecule has 7 nitrogen and oxygen atoms in total. The number of benzene rings is 3. The number of imidazole rings is 1. The maximum absolute atomic E-state index is 13.7. The molecule has 0 radical (unpaired) electrons. The van der Waals surface area contributed by atoms with E-state index >= 15 is 0 Å². The number of aromatic nitrogens is 3. The van der Waals surface area contributed by atoms with E-state index in [9.17, 15) is 14.0 Å². The number of rotatable bonds is 6. The van der Waals surface area contributed by atoms with Gasteiger partial charge in [0.2, 0.25) is 5.91 Å². The van der Waals surface area contributed by atoms with Crippen molar-refractivity contribution in [3.8, 4) is 22.9 Å². The van der Waals surface area contributed by atoms with Crippen LogP contribution in [0.5, 0.6) is 11.5 Å². The summed E-state index contributed by atoms with van der Waals surface area (Å²) in [6, 6.07) is 19.7. The molecule has 0 atom stereocenters. The van der Waals surface area contributed by atoms with Crippen LogP contribution in [0.4, 0.5) is 10.1 Å². The average Bonchev–Trinajstić information content (AvgIpc) is 3.18. The molecule has 36 heavy (non-hydrogen) atoms. The third-order valence-corrected chi connectivity index (χ3v) is 5.73. The first kappa shape index (κ1) is 23.1. The van der Waals surface area contributed by atoms with Gasteiger partial charge in [0, 0.05) is 18.0 Å². The number of pyridine rings is 1. The molecule has 0 fully saturated rings. The lowest BCUT2D eigenvalue weighted by Crippen LogP contribution is -2.22. The summed E-state index contributed by atoms with van der Waals surface area (Å²) in [6.07, 6.45) is 4.39. The molecule has 0 aliphatic rings. The smallest absolute Gasteiger partial charge is 0.338 e. The Balaban J connectivity index is 1.54. The summed E-state index contributed by atoms with van der Waals surface area (Å²) in [4.78, 5) is 29.6. The number of fused-ring (bicyclic) bond motifs is 1. The molecule has 0 spiro atoms. The molecule has 1 amide bonds. The summed E-state index contributed by atoms with van der Waals surface area (Å²) in [7, 11) is 0. The molecule has 5 rings (SSSR count). The molecule has 1 N–H and O–H groups in total. The number of carbonyl (C=O) groups is 1. The zero-order chi connectivity index (χ0) is 25.2. The van der Waals surface area contributed by atoms with Crippen molar-refractivity contribution in [2.24, 2.45) is 0 Å². The Morgan fingerprint density at radius 1 is 0.972 bits per heavy atom. The van der Waals surface area contributed by atoms with Crippen LogP contribution in [0.2, 0.25) is 5.02 Å². The number of hydrogen-bond donors (Lipinski definition) is 1. The van der Waals surface area contributed by atoms with Crippen LogP contribution in [-0.2, 0) is 4.79 Å². The fraction of sp³-hybridized carbons (Fsp3) is 0. The van der Waals surface area contributed by atoms with Crippen molar-refractivity contribution >= 4 is 34.2 Å². The van der Waals surface area contributed by atoms with Crippen LogP contribution in [0.15, 0.2) is 103 Å². The van der Waals surface area contributed by atoms with Crippen molar-refractivity contribution in [3.63, 3.8) is 0 Å². The van der Waals surface area contributed by atoms with Gasteiger partial charge in [0.15, 0.2) is 0 Å². The lowest BCUT2D eigenvalue weighted by Gasteiger charge is -2.08. The van der Waals surface area contributed by atoms with Crippen molar-refractivity contribution < 1.29 is 13.9 Å². The van der Waals surface area contributed by atoms with Gasteiger partial charge in [-0.1, -0.05) is 24.2 Å². The Morgan fingerprint density at radius 3 is 2.47 bits per heavy atom. The van der Waals surface area contributed by atoms with Gasteiger partial charge in [-0.2, -0.15) is 0 Å². The van der Waals surface area contributed by atoms with Gasteiger partial charge in [-0.25, -0.2) is 9.18 Å². The van der Waals surface area contributed by atoms with Crippen LogP contribution in [0.1, 0.15) is 0 Å². The number of ether oxygens (including phenoxy) is 1. The Kier molecular flexibility index (Phi) is 6.10. The number of halogens is 2. The zero-order valence-corrected chi connectivity index (χ0v) is 19.4. The summed E-state index contributed by atoms with van der Waals surface area (Å²) < 4.78 is 22.5. The molecule has 0 unspecified atom stereocenters. The molecule has 2 aromatic heterocycles. The van der Waals surface area contributed by atoms with Gasteiger partial charge < -0.3 is 10.1 Å². The number of amides is 1.